The molecule has 5 heteroatoms. The first-order valence-corrected chi connectivity index (χ1v) is 9.95. The molecule has 0 saturated carbocycles. The van der Waals surface area contributed by atoms with Crippen LogP contribution >= 0.6 is 0 Å². The maximum absolute atomic E-state index is 11.8. The van der Waals surface area contributed by atoms with Crippen molar-refractivity contribution in [3.8, 4) is 0 Å². The second-order valence-electron chi connectivity index (χ2n) is 7.71. The van der Waals surface area contributed by atoms with Gasteiger partial charge in [0.05, 0.1) is 12.1 Å². The van der Waals surface area contributed by atoms with Gasteiger partial charge in [0.25, 0.3) is 0 Å². The third-order valence-corrected chi connectivity index (χ3v) is 4.82. The van der Waals surface area contributed by atoms with E-state index in [1.807, 2.05) is 0 Å². The molecule has 1 aliphatic heterocycles. The van der Waals surface area contributed by atoms with E-state index in [9.17, 15) is 4.79 Å². The number of nitrogens with zero attached hydrogens (tertiary/aromatic N) is 1. The van der Waals surface area contributed by atoms with Crippen molar-refractivity contribution >= 4 is 5.91 Å². The quantitative estimate of drug-likeness (QED) is 0.629. The highest BCUT2D eigenvalue weighted by Crippen LogP contribution is 2.16. The zero-order chi connectivity index (χ0) is 18.8. The molecule has 1 saturated heterocycles. The van der Waals surface area contributed by atoms with Gasteiger partial charge in [-0.1, -0.05) is 44.2 Å². The van der Waals surface area contributed by atoms with Gasteiger partial charge in [-0.15, -0.1) is 0 Å². The highest BCUT2D eigenvalue weighted by molar-refractivity contribution is 5.81. The lowest BCUT2D eigenvalue weighted by atomic mass is 10.0. The van der Waals surface area contributed by atoms with Crippen molar-refractivity contribution < 1.29 is 9.53 Å². The second kappa shape index (κ2) is 11.3. The van der Waals surface area contributed by atoms with Crippen molar-refractivity contribution in [1.82, 2.24) is 10.2 Å². The van der Waals surface area contributed by atoms with Crippen LogP contribution in [0.15, 0.2) is 30.3 Å². The van der Waals surface area contributed by atoms with Crippen molar-refractivity contribution in [2.45, 2.75) is 58.2 Å². The Hall–Kier alpha value is -1.43. The number of benzene rings is 1. The first-order valence-electron chi connectivity index (χ1n) is 9.95. The van der Waals surface area contributed by atoms with Gasteiger partial charge in [0.1, 0.15) is 0 Å². The van der Waals surface area contributed by atoms with Crippen LogP contribution in [0.5, 0.6) is 0 Å². The predicted octanol–water partition coefficient (Wildman–Crippen LogP) is 2.55. The van der Waals surface area contributed by atoms with Crippen molar-refractivity contribution in [1.29, 1.82) is 0 Å². The molecule has 1 fully saturated rings. The summed E-state index contributed by atoms with van der Waals surface area (Å²) in [7, 11) is 0. The van der Waals surface area contributed by atoms with Crippen LogP contribution in [0.1, 0.15) is 45.1 Å². The van der Waals surface area contributed by atoms with Gasteiger partial charge in [-0.05, 0) is 37.2 Å². The summed E-state index contributed by atoms with van der Waals surface area (Å²) in [6.07, 6.45) is 4.08. The monoisotopic (exact) mass is 361 g/mol. The van der Waals surface area contributed by atoms with Gasteiger partial charge in [0.15, 0.2) is 0 Å². The third kappa shape index (κ3) is 7.85. The number of ether oxygens (including phenoxy) is 1. The summed E-state index contributed by atoms with van der Waals surface area (Å²) in [5, 5.41) is 2.91. The highest BCUT2D eigenvalue weighted by Gasteiger charge is 2.19. The van der Waals surface area contributed by atoms with Crippen LogP contribution in [0.2, 0.25) is 0 Å². The maximum Gasteiger partial charge on any atom is 0.236 e. The summed E-state index contributed by atoms with van der Waals surface area (Å²) in [4.78, 5) is 14.3. The minimum Gasteiger partial charge on any atom is -0.378 e. The Morgan fingerprint density at radius 2 is 1.96 bits per heavy atom. The lowest BCUT2D eigenvalue weighted by molar-refractivity contribution is -0.122. The molecule has 1 amide bonds. The van der Waals surface area contributed by atoms with E-state index in [-0.39, 0.29) is 5.91 Å². The van der Waals surface area contributed by atoms with E-state index in [1.165, 1.54) is 5.56 Å². The zero-order valence-electron chi connectivity index (χ0n) is 16.3. The Kier molecular flexibility index (Phi) is 9.09. The lowest BCUT2D eigenvalue weighted by Gasteiger charge is -2.32. The van der Waals surface area contributed by atoms with Crippen LogP contribution in [-0.4, -0.2) is 49.2 Å². The fourth-order valence-corrected chi connectivity index (χ4v) is 3.36. The Labute approximate surface area is 158 Å². The third-order valence-electron chi connectivity index (χ3n) is 4.82. The van der Waals surface area contributed by atoms with Crippen molar-refractivity contribution in [3.63, 3.8) is 0 Å². The van der Waals surface area contributed by atoms with Gasteiger partial charge in [-0.3, -0.25) is 9.69 Å². The number of piperidine rings is 1. The first kappa shape index (κ1) is 20.9. The predicted molar refractivity (Wildman–Crippen MR) is 106 cm³/mol. The second-order valence-corrected chi connectivity index (χ2v) is 7.71. The Morgan fingerprint density at radius 3 is 2.62 bits per heavy atom. The average molecular weight is 362 g/mol. The zero-order valence-corrected chi connectivity index (χ0v) is 16.3. The molecule has 2 rings (SSSR count). The molecule has 1 aromatic rings. The van der Waals surface area contributed by atoms with E-state index in [0.717, 1.165) is 45.3 Å². The summed E-state index contributed by atoms with van der Waals surface area (Å²) >= 11 is 0. The fourth-order valence-electron chi connectivity index (χ4n) is 3.36. The molecule has 0 spiro atoms. The van der Waals surface area contributed by atoms with Crippen LogP contribution < -0.4 is 11.1 Å². The summed E-state index contributed by atoms with van der Waals surface area (Å²) in [5.74, 6) is 0.389. The molecule has 1 aromatic carbocycles. The van der Waals surface area contributed by atoms with Crippen molar-refractivity contribution in [2.24, 2.45) is 11.7 Å². The van der Waals surface area contributed by atoms with E-state index < -0.39 is 6.04 Å². The van der Waals surface area contributed by atoms with Crippen molar-refractivity contribution in [2.75, 3.05) is 26.2 Å². The summed E-state index contributed by atoms with van der Waals surface area (Å²) in [6.45, 7) is 8.68. The summed E-state index contributed by atoms with van der Waals surface area (Å²) in [5.41, 5.74) is 7.24. The number of carbonyl (C=O) groups excluding carboxylic acids is 1. The summed E-state index contributed by atoms with van der Waals surface area (Å²) < 4.78 is 5.98. The van der Waals surface area contributed by atoms with Gasteiger partial charge < -0.3 is 15.8 Å². The smallest absolute Gasteiger partial charge is 0.236 e. The van der Waals surface area contributed by atoms with Gasteiger partial charge in [0, 0.05) is 32.8 Å². The molecule has 0 bridgehead atoms. The van der Waals surface area contributed by atoms with Crippen LogP contribution in [-0.2, 0) is 16.1 Å². The van der Waals surface area contributed by atoms with Gasteiger partial charge >= 0.3 is 0 Å². The Bertz CT molecular complexity index is 513. The SMILES string of the molecule is CC(C)C[C@H](N)C(=O)NCCCOC1CCN(Cc2ccccc2)CC1. The normalized spacial score (nSPS) is 17.4. The largest absolute Gasteiger partial charge is 0.378 e. The van der Waals surface area contributed by atoms with Crippen LogP contribution in [0.25, 0.3) is 0 Å². The highest BCUT2D eigenvalue weighted by atomic mass is 16.5. The molecule has 5 nitrogen and oxygen atoms in total. The Morgan fingerprint density at radius 1 is 1.27 bits per heavy atom. The maximum atomic E-state index is 11.8. The molecule has 1 heterocycles. The average Bonchev–Trinajstić information content (AvgIpc) is 2.63. The van der Waals surface area contributed by atoms with E-state index in [1.54, 1.807) is 0 Å². The van der Waals surface area contributed by atoms with E-state index in [0.29, 0.717) is 25.2 Å². The molecular formula is C21H35N3O2. The van der Waals surface area contributed by atoms with E-state index in [2.05, 4.69) is 54.4 Å². The number of amides is 1. The molecule has 0 unspecified atom stereocenters. The topological polar surface area (TPSA) is 67.6 Å². The molecule has 0 aliphatic carbocycles. The molecule has 0 radical (unpaired) electrons. The fraction of sp³-hybridized carbons (Fsp3) is 0.667. The number of rotatable bonds is 10. The number of nitrogens with one attached hydrogen (secondary N) is 1. The minimum atomic E-state index is -0.398. The van der Waals surface area contributed by atoms with Gasteiger partial charge in [-0.2, -0.15) is 0 Å². The van der Waals surface area contributed by atoms with Gasteiger partial charge in [-0.25, -0.2) is 0 Å². The van der Waals surface area contributed by atoms with Crippen LogP contribution in [0.4, 0.5) is 0 Å². The van der Waals surface area contributed by atoms with Crippen LogP contribution in [0, 0.1) is 5.92 Å². The molecule has 1 aliphatic rings. The Balaban J connectivity index is 1.52. The molecular weight excluding hydrogens is 326 g/mol. The molecule has 0 aromatic heterocycles. The molecule has 3 N–H and O–H groups in total. The number of hydrogen-bond acceptors (Lipinski definition) is 4. The first-order chi connectivity index (χ1) is 12.5. The van der Waals surface area contributed by atoms with Gasteiger partial charge in [0.2, 0.25) is 5.91 Å². The standard InChI is InChI=1S/C21H35N3O2/c1-17(2)15-20(22)21(25)23-11-6-14-26-19-9-12-24(13-10-19)16-18-7-4-3-5-8-18/h3-5,7-8,17,19-20H,6,9-16,22H2,1-2H3,(H,23,25)/t20-/m0/s1. The minimum absolute atomic E-state index is 0.0482. The number of carbonyl (C=O) groups is 1. The number of hydrogen-bond donors (Lipinski definition) is 2. The lowest BCUT2D eigenvalue weighted by Crippen LogP contribution is -2.42. The molecule has 1 atom stereocenters. The number of likely N-dealkylation sites (tertiary alicyclic amines) is 1. The van der Waals surface area contributed by atoms with Crippen LogP contribution in [0.3, 0.4) is 0 Å². The van der Waals surface area contributed by atoms with Crippen molar-refractivity contribution in [3.05, 3.63) is 35.9 Å². The molecule has 146 valence electrons. The number of nitrogens with two attached hydrogens (primary N) is 1. The molecule has 26 heavy (non-hydrogen) atoms. The van der Waals surface area contributed by atoms with E-state index >= 15 is 0 Å². The summed E-state index contributed by atoms with van der Waals surface area (Å²) in [6, 6.07) is 10.2. The van der Waals surface area contributed by atoms with E-state index in [4.69, 9.17) is 10.5 Å².